The van der Waals surface area contributed by atoms with Gasteiger partial charge in [0, 0.05) is 10.0 Å². The molecule has 0 heterocycles. The average molecular weight is 648 g/mol. The molecular formula is C39H51BrO3. The SMILES string of the molecule is CC(C)(C)C1CCC(Oc2cccc(-c3cccc(C=O)c3)c2)CC1.CC(C)(C)C1CCC(Oc2cccc(Br)c2)CC1. The Morgan fingerprint density at radius 2 is 1.05 bits per heavy atom. The second-order valence-corrected chi connectivity index (χ2v) is 15.6. The summed E-state index contributed by atoms with van der Waals surface area (Å²) in [7, 11) is 0. The van der Waals surface area contributed by atoms with Gasteiger partial charge in [0.15, 0.2) is 0 Å². The fraction of sp³-hybridized carbons (Fsp3) is 0.513. The van der Waals surface area contributed by atoms with Crippen LogP contribution in [0.15, 0.2) is 77.3 Å². The second-order valence-electron chi connectivity index (χ2n) is 14.6. The molecule has 0 saturated heterocycles. The lowest BCUT2D eigenvalue weighted by Crippen LogP contribution is -2.30. The van der Waals surface area contributed by atoms with E-state index in [4.69, 9.17) is 9.47 Å². The van der Waals surface area contributed by atoms with E-state index < -0.39 is 0 Å². The molecule has 0 amide bonds. The van der Waals surface area contributed by atoms with Crippen LogP contribution in [0.25, 0.3) is 11.1 Å². The summed E-state index contributed by atoms with van der Waals surface area (Å²) >= 11 is 3.48. The number of halogens is 1. The van der Waals surface area contributed by atoms with Crippen LogP contribution in [0, 0.1) is 22.7 Å². The van der Waals surface area contributed by atoms with Crippen molar-refractivity contribution in [3.05, 3.63) is 82.8 Å². The summed E-state index contributed by atoms with van der Waals surface area (Å²) in [5.41, 5.74) is 3.68. The van der Waals surface area contributed by atoms with Crippen molar-refractivity contribution in [2.45, 2.75) is 105 Å². The van der Waals surface area contributed by atoms with Crippen LogP contribution in [0.3, 0.4) is 0 Å². The van der Waals surface area contributed by atoms with E-state index in [-0.39, 0.29) is 0 Å². The minimum Gasteiger partial charge on any atom is -0.490 e. The smallest absolute Gasteiger partial charge is 0.150 e. The van der Waals surface area contributed by atoms with E-state index in [1.165, 1.54) is 38.5 Å². The zero-order chi connectivity index (χ0) is 31.0. The number of benzene rings is 3. The van der Waals surface area contributed by atoms with E-state index in [0.29, 0.717) is 28.6 Å². The maximum Gasteiger partial charge on any atom is 0.150 e. The minimum absolute atomic E-state index is 0.315. The van der Waals surface area contributed by atoms with Crippen LogP contribution in [0.1, 0.15) is 103 Å². The molecule has 0 atom stereocenters. The fourth-order valence-electron chi connectivity index (χ4n) is 6.56. The molecule has 2 fully saturated rings. The number of hydrogen-bond donors (Lipinski definition) is 0. The van der Waals surface area contributed by atoms with Crippen molar-refractivity contribution in [3.63, 3.8) is 0 Å². The maximum atomic E-state index is 11.0. The van der Waals surface area contributed by atoms with Gasteiger partial charge in [0.25, 0.3) is 0 Å². The van der Waals surface area contributed by atoms with Crippen LogP contribution in [-0.2, 0) is 0 Å². The Morgan fingerprint density at radius 3 is 1.51 bits per heavy atom. The van der Waals surface area contributed by atoms with Gasteiger partial charge in [-0.2, -0.15) is 0 Å². The Balaban J connectivity index is 0.000000208. The van der Waals surface area contributed by atoms with Crippen molar-refractivity contribution in [1.82, 2.24) is 0 Å². The van der Waals surface area contributed by atoms with E-state index in [0.717, 1.165) is 58.1 Å². The second kappa shape index (κ2) is 14.9. The summed E-state index contributed by atoms with van der Waals surface area (Å²) in [4.78, 5) is 11.0. The molecule has 0 aliphatic heterocycles. The minimum atomic E-state index is 0.315. The Hall–Kier alpha value is -2.59. The molecule has 0 aromatic heterocycles. The molecule has 0 N–H and O–H groups in total. The standard InChI is InChI=1S/C23H28O2.C16H23BrO/c1-23(2,3)20-10-12-21(13-11-20)25-22-9-5-8-19(15-22)18-7-4-6-17(14-18)16-24;1-16(2,3)12-7-9-14(10-8-12)18-15-6-4-5-13(17)11-15/h4-9,14-16,20-21H,10-13H2,1-3H3;4-6,11-12,14H,7-10H2,1-3H3. The summed E-state index contributed by atoms with van der Waals surface area (Å²) < 4.78 is 13.4. The monoisotopic (exact) mass is 646 g/mol. The normalized spacial score (nSPS) is 22.6. The molecule has 2 aliphatic rings. The maximum absolute atomic E-state index is 11.0. The van der Waals surface area contributed by atoms with Crippen LogP contribution >= 0.6 is 15.9 Å². The van der Waals surface area contributed by atoms with E-state index in [1.54, 1.807) is 0 Å². The van der Waals surface area contributed by atoms with Crippen LogP contribution in [0.5, 0.6) is 11.5 Å². The van der Waals surface area contributed by atoms with Crippen molar-refractivity contribution < 1.29 is 14.3 Å². The molecule has 0 radical (unpaired) electrons. The van der Waals surface area contributed by atoms with Gasteiger partial charge in [-0.1, -0.05) is 93.9 Å². The third-order valence-electron chi connectivity index (χ3n) is 9.39. The highest BCUT2D eigenvalue weighted by Crippen LogP contribution is 2.40. The van der Waals surface area contributed by atoms with Gasteiger partial charge in [-0.15, -0.1) is 0 Å². The predicted octanol–water partition coefficient (Wildman–Crippen LogP) is 11.6. The Morgan fingerprint density at radius 1 is 0.605 bits per heavy atom. The van der Waals surface area contributed by atoms with Gasteiger partial charge in [0.2, 0.25) is 0 Å². The van der Waals surface area contributed by atoms with Gasteiger partial charge in [-0.05, 0) is 122 Å². The van der Waals surface area contributed by atoms with Gasteiger partial charge >= 0.3 is 0 Å². The Bertz CT molecular complexity index is 1300. The highest BCUT2D eigenvalue weighted by molar-refractivity contribution is 9.10. The highest BCUT2D eigenvalue weighted by Gasteiger charge is 2.31. The predicted molar refractivity (Wildman–Crippen MR) is 183 cm³/mol. The summed E-state index contributed by atoms with van der Waals surface area (Å²) in [6.45, 7) is 14.1. The highest BCUT2D eigenvalue weighted by atomic mass is 79.9. The molecule has 0 bridgehead atoms. The van der Waals surface area contributed by atoms with Gasteiger partial charge in [0.05, 0.1) is 12.2 Å². The zero-order valence-corrected chi connectivity index (χ0v) is 28.7. The van der Waals surface area contributed by atoms with Crippen molar-refractivity contribution in [3.8, 4) is 22.6 Å². The molecule has 2 saturated carbocycles. The number of hydrogen-bond acceptors (Lipinski definition) is 3. The summed E-state index contributed by atoms with van der Waals surface area (Å²) in [6.07, 6.45) is 11.3. The number of aldehydes is 1. The molecule has 5 rings (SSSR count). The molecule has 3 nitrogen and oxygen atoms in total. The lowest BCUT2D eigenvalue weighted by Gasteiger charge is -2.37. The van der Waals surface area contributed by atoms with Crippen LogP contribution < -0.4 is 9.47 Å². The Labute approximate surface area is 268 Å². The van der Waals surface area contributed by atoms with Crippen molar-refractivity contribution in [2.75, 3.05) is 0 Å². The summed E-state index contributed by atoms with van der Waals surface area (Å²) in [6, 6.07) is 24.0. The van der Waals surface area contributed by atoms with Crippen molar-refractivity contribution in [2.24, 2.45) is 22.7 Å². The first-order chi connectivity index (χ1) is 20.4. The zero-order valence-electron chi connectivity index (χ0n) is 27.1. The molecule has 3 aromatic carbocycles. The third-order valence-corrected chi connectivity index (χ3v) is 9.88. The molecule has 0 unspecified atom stereocenters. The van der Waals surface area contributed by atoms with Gasteiger partial charge in [0.1, 0.15) is 17.8 Å². The first kappa shape index (κ1) is 33.3. The largest absolute Gasteiger partial charge is 0.490 e. The van der Waals surface area contributed by atoms with E-state index >= 15 is 0 Å². The number of carbonyl (C=O) groups excluding carboxylic acids is 1. The van der Waals surface area contributed by atoms with Gasteiger partial charge < -0.3 is 9.47 Å². The van der Waals surface area contributed by atoms with Gasteiger partial charge in [-0.25, -0.2) is 0 Å². The third kappa shape index (κ3) is 10.2. The molecule has 232 valence electrons. The first-order valence-corrected chi connectivity index (χ1v) is 16.9. The number of ether oxygens (including phenoxy) is 2. The van der Waals surface area contributed by atoms with Crippen molar-refractivity contribution in [1.29, 1.82) is 0 Å². The van der Waals surface area contributed by atoms with Crippen LogP contribution in [0.2, 0.25) is 0 Å². The summed E-state index contributed by atoms with van der Waals surface area (Å²) in [5.74, 6) is 3.56. The average Bonchev–Trinajstić information content (AvgIpc) is 2.97. The molecule has 43 heavy (non-hydrogen) atoms. The van der Waals surface area contributed by atoms with Crippen molar-refractivity contribution >= 4 is 22.2 Å². The molecule has 0 spiro atoms. The fourth-order valence-corrected chi connectivity index (χ4v) is 6.94. The van der Waals surface area contributed by atoms with Gasteiger partial charge in [-0.3, -0.25) is 4.79 Å². The lowest BCUT2D eigenvalue weighted by atomic mass is 9.72. The Kier molecular flexibility index (Phi) is 11.6. The first-order valence-electron chi connectivity index (χ1n) is 16.2. The molecular weight excluding hydrogens is 596 g/mol. The lowest BCUT2D eigenvalue weighted by molar-refractivity contribution is 0.0880. The summed E-state index contributed by atoms with van der Waals surface area (Å²) in [5, 5.41) is 0. The molecule has 4 heteroatoms. The van der Waals surface area contributed by atoms with E-state index in [1.807, 2.05) is 54.6 Å². The van der Waals surface area contributed by atoms with E-state index in [9.17, 15) is 4.79 Å². The van der Waals surface area contributed by atoms with Crippen LogP contribution in [0.4, 0.5) is 0 Å². The quantitative estimate of drug-likeness (QED) is 0.250. The topological polar surface area (TPSA) is 35.5 Å². The number of rotatable bonds is 6. The van der Waals surface area contributed by atoms with E-state index in [2.05, 4.69) is 75.7 Å². The number of carbonyl (C=O) groups is 1. The molecule has 3 aromatic rings. The van der Waals surface area contributed by atoms with Crippen LogP contribution in [-0.4, -0.2) is 18.5 Å². The molecule has 2 aliphatic carbocycles.